The Morgan fingerprint density at radius 3 is 2.83 bits per heavy atom. The maximum atomic E-state index is 12.2. The van der Waals surface area contributed by atoms with Gasteiger partial charge in [-0.1, -0.05) is 13.8 Å². The molecule has 2 aromatic rings. The van der Waals surface area contributed by atoms with Crippen molar-refractivity contribution in [2.75, 3.05) is 20.1 Å². The van der Waals surface area contributed by atoms with Crippen molar-refractivity contribution < 1.29 is 5.11 Å². The molecule has 1 N–H and O–H groups in total. The van der Waals surface area contributed by atoms with E-state index < -0.39 is 5.60 Å². The van der Waals surface area contributed by atoms with Gasteiger partial charge in [-0.15, -0.1) is 0 Å². The van der Waals surface area contributed by atoms with Gasteiger partial charge < -0.3 is 14.6 Å². The van der Waals surface area contributed by atoms with E-state index in [1.807, 2.05) is 13.8 Å². The van der Waals surface area contributed by atoms with E-state index >= 15 is 0 Å². The molecule has 1 saturated heterocycles. The Balaban J connectivity index is 1.93. The van der Waals surface area contributed by atoms with Gasteiger partial charge >= 0.3 is 0 Å². The predicted octanol–water partition coefficient (Wildman–Crippen LogP) is 0.522. The smallest absolute Gasteiger partial charge is 0.269 e. The van der Waals surface area contributed by atoms with E-state index in [4.69, 9.17) is 0 Å². The maximum absolute atomic E-state index is 12.2. The van der Waals surface area contributed by atoms with Crippen molar-refractivity contribution in [1.82, 2.24) is 24.2 Å². The summed E-state index contributed by atoms with van der Waals surface area (Å²) in [6, 6.07) is 1.80. The zero-order valence-electron chi connectivity index (χ0n) is 13.8. The second-order valence-corrected chi connectivity index (χ2v) is 7.07. The number of rotatable bonds is 3. The maximum Gasteiger partial charge on any atom is 0.269 e. The van der Waals surface area contributed by atoms with Crippen LogP contribution in [0, 0.1) is 5.41 Å². The first-order valence-corrected chi connectivity index (χ1v) is 7.78. The molecule has 1 atom stereocenters. The van der Waals surface area contributed by atoms with Crippen LogP contribution >= 0.6 is 0 Å². The fourth-order valence-electron chi connectivity index (χ4n) is 3.27. The molecule has 3 heterocycles. The van der Waals surface area contributed by atoms with Gasteiger partial charge in [-0.3, -0.25) is 4.79 Å². The molecule has 2 aromatic heterocycles. The first kappa shape index (κ1) is 15.9. The summed E-state index contributed by atoms with van der Waals surface area (Å²) in [4.78, 5) is 18.5. The lowest BCUT2D eigenvalue weighted by molar-refractivity contribution is -0.124. The monoisotopic (exact) mass is 317 g/mol. The molecule has 1 aliphatic rings. The van der Waals surface area contributed by atoms with Crippen molar-refractivity contribution in [3.05, 3.63) is 41.2 Å². The molecule has 1 aliphatic heterocycles. The lowest BCUT2D eigenvalue weighted by atomic mass is 9.70. The molecule has 0 spiro atoms. The van der Waals surface area contributed by atoms with Crippen LogP contribution in [0.5, 0.6) is 0 Å². The zero-order valence-corrected chi connectivity index (χ0v) is 13.8. The minimum absolute atomic E-state index is 0.218. The molecule has 124 valence electrons. The minimum Gasteiger partial charge on any atom is -0.387 e. The number of hydrogen-bond acceptors (Lipinski definition) is 5. The summed E-state index contributed by atoms with van der Waals surface area (Å²) in [7, 11) is 2.05. The Labute approximate surface area is 135 Å². The molecule has 7 nitrogen and oxygen atoms in total. The highest BCUT2D eigenvalue weighted by molar-refractivity contribution is 5.16. The molecule has 0 aromatic carbocycles. The third-order valence-electron chi connectivity index (χ3n) is 4.86. The van der Waals surface area contributed by atoms with E-state index in [-0.39, 0.29) is 17.5 Å². The first-order valence-electron chi connectivity index (χ1n) is 7.78. The summed E-state index contributed by atoms with van der Waals surface area (Å²) in [6.07, 6.45) is 6.99. The Kier molecular flexibility index (Phi) is 3.85. The van der Waals surface area contributed by atoms with Gasteiger partial charge in [0.2, 0.25) is 0 Å². The number of aromatic nitrogens is 4. The van der Waals surface area contributed by atoms with Crippen LogP contribution in [-0.4, -0.2) is 55.1 Å². The Morgan fingerprint density at radius 1 is 1.39 bits per heavy atom. The van der Waals surface area contributed by atoms with Crippen LogP contribution in [-0.2, 0) is 6.54 Å². The summed E-state index contributed by atoms with van der Waals surface area (Å²) in [5.74, 6) is 0.559. The highest BCUT2D eigenvalue weighted by Crippen LogP contribution is 2.39. The van der Waals surface area contributed by atoms with E-state index in [0.717, 1.165) is 13.1 Å². The lowest BCUT2D eigenvalue weighted by Crippen LogP contribution is -2.59. The van der Waals surface area contributed by atoms with Gasteiger partial charge in [-0.25, -0.2) is 9.67 Å². The molecule has 1 unspecified atom stereocenters. The van der Waals surface area contributed by atoms with E-state index in [1.54, 1.807) is 29.3 Å². The molecule has 23 heavy (non-hydrogen) atoms. The molecular weight excluding hydrogens is 294 g/mol. The van der Waals surface area contributed by atoms with Crippen molar-refractivity contribution in [2.24, 2.45) is 5.41 Å². The molecule has 0 aliphatic carbocycles. The standard InChI is InChI=1S/C16H23N5O2/c1-15(2)11-19(3)8-5-16(15,23)12-20-10-13(17-9-14(20)22)21-7-4-6-18-21/h4,6-7,9-10,23H,5,8,11-12H2,1-3H3. The van der Waals surface area contributed by atoms with Gasteiger partial charge in [0.1, 0.15) is 0 Å². The Hall–Kier alpha value is -1.99. The van der Waals surface area contributed by atoms with Crippen molar-refractivity contribution in [1.29, 1.82) is 0 Å². The number of hydrogen-bond donors (Lipinski definition) is 1. The van der Waals surface area contributed by atoms with E-state index in [9.17, 15) is 9.90 Å². The summed E-state index contributed by atoms with van der Waals surface area (Å²) < 4.78 is 3.14. The van der Waals surface area contributed by atoms with Gasteiger partial charge in [0.25, 0.3) is 5.56 Å². The molecule has 1 fully saturated rings. The van der Waals surface area contributed by atoms with Crippen molar-refractivity contribution in [3.8, 4) is 5.82 Å². The fourth-order valence-corrected chi connectivity index (χ4v) is 3.27. The SMILES string of the molecule is CN1CCC(O)(Cn2cc(-n3cccn3)ncc2=O)C(C)(C)C1. The lowest BCUT2D eigenvalue weighted by Gasteiger charge is -2.49. The number of nitrogens with zero attached hydrogens (tertiary/aromatic N) is 5. The van der Waals surface area contributed by atoms with Crippen LogP contribution in [0.3, 0.4) is 0 Å². The van der Waals surface area contributed by atoms with Crippen LogP contribution < -0.4 is 5.56 Å². The summed E-state index contributed by atoms with van der Waals surface area (Å²) in [5.41, 5.74) is -1.47. The van der Waals surface area contributed by atoms with Crippen LogP contribution in [0.4, 0.5) is 0 Å². The molecule has 0 amide bonds. The fraction of sp³-hybridized carbons (Fsp3) is 0.562. The Bertz CT molecular complexity index is 737. The van der Waals surface area contributed by atoms with Gasteiger partial charge in [0, 0.05) is 30.9 Å². The molecule has 0 saturated carbocycles. The average molecular weight is 317 g/mol. The highest BCUT2D eigenvalue weighted by Gasteiger charge is 2.47. The average Bonchev–Trinajstić information content (AvgIpc) is 3.00. The van der Waals surface area contributed by atoms with Crippen molar-refractivity contribution >= 4 is 0 Å². The van der Waals surface area contributed by atoms with E-state index in [1.165, 1.54) is 10.8 Å². The first-order chi connectivity index (χ1) is 10.8. The van der Waals surface area contributed by atoms with Crippen LogP contribution in [0.25, 0.3) is 5.82 Å². The van der Waals surface area contributed by atoms with Crippen LogP contribution in [0.2, 0.25) is 0 Å². The number of likely N-dealkylation sites (tertiary alicyclic amines) is 1. The molecule has 3 rings (SSSR count). The quantitative estimate of drug-likeness (QED) is 0.893. The second-order valence-electron chi connectivity index (χ2n) is 7.07. The third kappa shape index (κ3) is 2.94. The van der Waals surface area contributed by atoms with Crippen molar-refractivity contribution in [3.63, 3.8) is 0 Å². The minimum atomic E-state index is -0.938. The van der Waals surface area contributed by atoms with Crippen molar-refractivity contribution in [2.45, 2.75) is 32.4 Å². The number of piperidine rings is 1. The largest absolute Gasteiger partial charge is 0.387 e. The molecule has 0 radical (unpaired) electrons. The van der Waals surface area contributed by atoms with E-state index in [2.05, 4.69) is 22.0 Å². The van der Waals surface area contributed by atoms with Gasteiger partial charge in [0.05, 0.1) is 24.5 Å². The topological polar surface area (TPSA) is 76.2 Å². The van der Waals surface area contributed by atoms with Gasteiger partial charge in [-0.2, -0.15) is 5.10 Å². The Morgan fingerprint density at radius 2 is 2.17 bits per heavy atom. The van der Waals surface area contributed by atoms with Gasteiger partial charge in [-0.05, 0) is 19.5 Å². The van der Waals surface area contributed by atoms with E-state index in [0.29, 0.717) is 12.2 Å². The second kappa shape index (κ2) is 5.58. The summed E-state index contributed by atoms with van der Waals surface area (Å²) in [6.45, 7) is 5.94. The molecule has 0 bridgehead atoms. The number of aliphatic hydroxyl groups is 1. The predicted molar refractivity (Wildman–Crippen MR) is 86.5 cm³/mol. The summed E-state index contributed by atoms with van der Waals surface area (Å²) >= 11 is 0. The van der Waals surface area contributed by atoms with Crippen LogP contribution in [0.15, 0.2) is 35.6 Å². The zero-order chi connectivity index (χ0) is 16.7. The molecule has 7 heteroatoms. The normalized spacial score (nSPS) is 24.7. The third-order valence-corrected chi connectivity index (χ3v) is 4.86. The summed E-state index contributed by atoms with van der Waals surface area (Å²) in [5, 5.41) is 15.3. The van der Waals surface area contributed by atoms with Gasteiger partial charge in [0.15, 0.2) is 5.82 Å². The van der Waals surface area contributed by atoms with Crippen LogP contribution in [0.1, 0.15) is 20.3 Å². The highest BCUT2D eigenvalue weighted by atomic mass is 16.3. The molecular formula is C16H23N5O2.